The number of halogens is 1. The van der Waals surface area contributed by atoms with E-state index >= 15 is 0 Å². The molecule has 0 aliphatic rings. The number of rotatable bonds is 22. The Balaban J connectivity index is 0. The predicted octanol–water partition coefficient (Wildman–Crippen LogP) is 10.2. The lowest BCUT2D eigenvalue weighted by molar-refractivity contribution is -0.122. The minimum atomic E-state index is -0.814. The SMILES string of the molecule is CCC(Br)(CC)C(=O)NC(N)=O.CCCCCCCCCCCCCCCCCCC(C)CCC. The zero-order valence-corrected chi connectivity index (χ0v) is 25.8. The molecular formula is C30H61BrN2O2. The molecule has 210 valence electrons. The number of carbonyl (C=O) groups excluding carboxylic acids is 2. The van der Waals surface area contributed by atoms with E-state index in [1.807, 2.05) is 19.2 Å². The predicted molar refractivity (Wildman–Crippen MR) is 158 cm³/mol. The Morgan fingerprint density at radius 2 is 1.03 bits per heavy atom. The van der Waals surface area contributed by atoms with E-state index in [2.05, 4.69) is 36.7 Å². The van der Waals surface area contributed by atoms with Gasteiger partial charge in [0, 0.05) is 0 Å². The van der Waals surface area contributed by atoms with Crippen molar-refractivity contribution in [3.05, 3.63) is 0 Å². The van der Waals surface area contributed by atoms with E-state index in [0.717, 1.165) is 5.92 Å². The lowest BCUT2D eigenvalue weighted by Gasteiger charge is -2.21. The third-order valence-corrected chi connectivity index (χ3v) is 8.58. The summed E-state index contributed by atoms with van der Waals surface area (Å²) in [7, 11) is 0. The van der Waals surface area contributed by atoms with Gasteiger partial charge in [0.05, 0.1) is 0 Å². The maximum absolute atomic E-state index is 11.3. The van der Waals surface area contributed by atoms with Crippen LogP contribution in [0.4, 0.5) is 4.79 Å². The van der Waals surface area contributed by atoms with Gasteiger partial charge in [-0.15, -0.1) is 0 Å². The summed E-state index contributed by atoms with van der Waals surface area (Å²) in [5.74, 6) is 0.589. The highest BCUT2D eigenvalue weighted by atomic mass is 79.9. The van der Waals surface area contributed by atoms with Gasteiger partial charge in [-0.25, -0.2) is 4.79 Å². The number of alkyl halides is 1. The molecule has 0 spiro atoms. The summed E-state index contributed by atoms with van der Waals surface area (Å²) in [5.41, 5.74) is 4.81. The highest BCUT2D eigenvalue weighted by Crippen LogP contribution is 2.26. The molecular weight excluding hydrogens is 500 g/mol. The fourth-order valence-electron chi connectivity index (χ4n) is 4.47. The van der Waals surface area contributed by atoms with E-state index in [0.29, 0.717) is 12.8 Å². The van der Waals surface area contributed by atoms with Crippen LogP contribution in [0.3, 0.4) is 0 Å². The molecule has 0 aliphatic carbocycles. The minimum absolute atomic E-state index is 0.375. The molecule has 0 saturated carbocycles. The normalized spacial score (nSPS) is 12.1. The molecule has 3 N–H and O–H groups in total. The largest absolute Gasteiger partial charge is 0.351 e. The molecule has 0 bridgehead atoms. The van der Waals surface area contributed by atoms with Crippen LogP contribution in [0, 0.1) is 5.92 Å². The number of imide groups is 1. The molecule has 0 aliphatic heterocycles. The van der Waals surface area contributed by atoms with Gasteiger partial charge < -0.3 is 5.73 Å². The number of hydrogen-bond donors (Lipinski definition) is 2. The first kappa shape index (κ1) is 36.6. The van der Waals surface area contributed by atoms with Gasteiger partial charge in [-0.3, -0.25) is 10.1 Å². The number of unbranched alkanes of at least 4 members (excludes halogenated alkanes) is 15. The van der Waals surface area contributed by atoms with Crippen LogP contribution < -0.4 is 11.1 Å². The quantitative estimate of drug-likeness (QED) is 0.102. The van der Waals surface area contributed by atoms with Gasteiger partial charge in [0.25, 0.3) is 0 Å². The van der Waals surface area contributed by atoms with Crippen LogP contribution >= 0.6 is 15.9 Å². The van der Waals surface area contributed by atoms with Crippen LogP contribution in [0.5, 0.6) is 0 Å². The lowest BCUT2D eigenvalue weighted by Crippen LogP contribution is -2.46. The number of amides is 3. The van der Waals surface area contributed by atoms with Crippen molar-refractivity contribution in [3.8, 4) is 0 Å². The average Bonchev–Trinajstić information content (AvgIpc) is 2.83. The standard InChI is InChI=1S/C23H48.C7H13BrN2O2/c1-4-6-7-8-9-10-11-12-13-14-15-16-17-18-19-20-22-23(3)21-5-2;1-3-7(8,4-2)5(11)10-6(9)12/h23H,4-22H2,1-3H3;3-4H2,1-2H3,(H3,9,10,11,12). The Hall–Kier alpha value is -0.580. The minimum Gasteiger partial charge on any atom is -0.351 e. The zero-order chi connectivity index (χ0) is 26.8. The van der Waals surface area contributed by atoms with E-state index in [4.69, 9.17) is 5.73 Å². The van der Waals surface area contributed by atoms with Crippen molar-refractivity contribution in [2.75, 3.05) is 0 Å². The van der Waals surface area contributed by atoms with Crippen LogP contribution in [0.2, 0.25) is 0 Å². The van der Waals surface area contributed by atoms with Crippen molar-refractivity contribution in [3.63, 3.8) is 0 Å². The molecule has 3 amide bonds. The number of nitrogens with two attached hydrogens (primary N) is 1. The van der Waals surface area contributed by atoms with Crippen LogP contribution in [-0.4, -0.2) is 16.3 Å². The Morgan fingerprint density at radius 3 is 1.34 bits per heavy atom. The fourth-order valence-corrected chi connectivity index (χ4v) is 4.57. The van der Waals surface area contributed by atoms with Crippen LogP contribution in [0.15, 0.2) is 0 Å². The lowest BCUT2D eigenvalue weighted by atomic mass is 9.98. The van der Waals surface area contributed by atoms with Gasteiger partial charge in [0.2, 0.25) is 5.91 Å². The van der Waals surface area contributed by atoms with Crippen LogP contribution in [0.1, 0.15) is 169 Å². The van der Waals surface area contributed by atoms with E-state index in [1.54, 1.807) is 0 Å². The Labute approximate surface area is 227 Å². The summed E-state index contributed by atoms with van der Waals surface area (Å²) < 4.78 is -0.665. The van der Waals surface area contributed by atoms with Crippen molar-refractivity contribution in [2.24, 2.45) is 11.7 Å². The molecule has 0 rings (SSSR count). The molecule has 4 nitrogen and oxygen atoms in total. The van der Waals surface area contributed by atoms with Crippen molar-refractivity contribution in [1.29, 1.82) is 0 Å². The van der Waals surface area contributed by atoms with Gasteiger partial charge in [-0.1, -0.05) is 173 Å². The molecule has 1 unspecified atom stereocenters. The van der Waals surface area contributed by atoms with Crippen LogP contribution in [-0.2, 0) is 4.79 Å². The molecule has 0 heterocycles. The molecule has 0 aromatic heterocycles. The summed E-state index contributed by atoms with van der Waals surface area (Å²) in [5, 5.41) is 2.04. The molecule has 0 aromatic rings. The fraction of sp³-hybridized carbons (Fsp3) is 0.933. The molecule has 35 heavy (non-hydrogen) atoms. The van der Waals surface area contributed by atoms with Crippen molar-refractivity contribution >= 4 is 27.9 Å². The first-order valence-corrected chi connectivity index (χ1v) is 15.9. The Morgan fingerprint density at radius 1 is 0.657 bits per heavy atom. The highest BCUT2D eigenvalue weighted by molar-refractivity contribution is 9.10. The average molecular weight is 562 g/mol. The molecule has 5 heteroatoms. The second-order valence-electron chi connectivity index (χ2n) is 10.5. The van der Waals surface area contributed by atoms with Crippen molar-refractivity contribution < 1.29 is 9.59 Å². The van der Waals surface area contributed by atoms with E-state index in [1.165, 1.54) is 122 Å². The first-order valence-electron chi connectivity index (χ1n) is 15.1. The summed E-state index contributed by atoms with van der Waals surface area (Å²) in [4.78, 5) is 21.6. The zero-order valence-electron chi connectivity index (χ0n) is 24.2. The van der Waals surface area contributed by atoms with Gasteiger partial charge >= 0.3 is 6.03 Å². The third kappa shape index (κ3) is 24.9. The second kappa shape index (κ2) is 26.5. The second-order valence-corrected chi connectivity index (χ2v) is 12.0. The molecule has 1 atom stereocenters. The molecule has 0 fully saturated rings. The number of nitrogens with one attached hydrogen (secondary N) is 1. The van der Waals surface area contributed by atoms with E-state index in [9.17, 15) is 9.59 Å². The smallest absolute Gasteiger partial charge is 0.318 e. The van der Waals surface area contributed by atoms with Crippen molar-refractivity contribution in [1.82, 2.24) is 5.32 Å². The number of hydrogen-bond acceptors (Lipinski definition) is 2. The first-order chi connectivity index (χ1) is 16.8. The summed E-state index contributed by atoms with van der Waals surface area (Å²) in [6.45, 7) is 10.8. The number of urea groups is 1. The summed E-state index contributed by atoms with van der Waals surface area (Å²) >= 11 is 3.26. The maximum atomic E-state index is 11.3. The number of carbonyl (C=O) groups is 2. The van der Waals surface area contributed by atoms with Gasteiger partial charge in [-0.2, -0.15) is 0 Å². The van der Waals surface area contributed by atoms with Gasteiger partial charge in [0.1, 0.15) is 4.32 Å². The maximum Gasteiger partial charge on any atom is 0.318 e. The van der Waals surface area contributed by atoms with E-state index < -0.39 is 10.4 Å². The summed E-state index contributed by atoms with van der Waals surface area (Å²) in [6.07, 6.45) is 29.1. The van der Waals surface area contributed by atoms with Crippen LogP contribution in [0.25, 0.3) is 0 Å². The molecule has 0 radical (unpaired) electrons. The monoisotopic (exact) mass is 560 g/mol. The Bertz CT molecular complexity index is 481. The van der Waals surface area contributed by atoms with Crippen molar-refractivity contribution in [2.45, 2.75) is 174 Å². The highest BCUT2D eigenvalue weighted by Gasteiger charge is 2.32. The molecule has 0 aromatic carbocycles. The topological polar surface area (TPSA) is 72.2 Å². The number of primary amides is 1. The van der Waals surface area contributed by atoms with Gasteiger partial charge in [0.15, 0.2) is 0 Å². The van der Waals surface area contributed by atoms with Gasteiger partial charge in [-0.05, 0) is 18.8 Å². The molecule has 0 saturated heterocycles. The Kier molecular flexibility index (Phi) is 27.7. The third-order valence-electron chi connectivity index (χ3n) is 7.10. The summed E-state index contributed by atoms with van der Waals surface area (Å²) in [6, 6.07) is -0.814. The van der Waals surface area contributed by atoms with E-state index in [-0.39, 0.29) is 5.91 Å².